The number of anilines is 1. The molecule has 0 spiro atoms. The second-order valence-electron chi connectivity index (χ2n) is 4.66. The zero-order chi connectivity index (χ0) is 15.4. The number of benzene rings is 1. The Balaban J connectivity index is 2.07. The number of halogens is 1. The van der Waals surface area contributed by atoms with Crippen molar-refractivity contribution in [3.8, 4) is 11.8 Å². The number of carbonyl (C=O) groups is 1. The van der Waals surface area contributed by atoms with Gasteiger partial charge in [0.05, 0.1) is 4.83 Å². The fourth-order valence-electron chi connectivity index (χ4n) is 1.69. The van der Waals surface area contributed by atoms with Crippen LogP contribution >= 0.6 is 15.9 Å². The summed E-state index contributed by atoms with van der Waals surface area (Å²) in [5, 5.41) is 2.78. The molecule has 110 valence electrons. The zero-order valence-electron chi connectivity index (χ0n) is 12.1. The van der Waals surface area contributed by atoms with Crippen LogP contribution in [0.15, 0.2) is 30.3 Å². The summed E-state index contributed by atoms with van der Waals surface area (Å²) in [6.07, 6.45) is 0. The average molecular weight is 350 g/mol. The highest BCUT2D eigenvalue weighted by molar-refractivity contribution is 9.10. The van der Waals surface area contributed by atoms with Crippen molar-refractivity contribution in [2.24, 2.45) is 0 Å². The van der Waals surface area contributed by atoms with E-state index < -0.39 is 0 Å². The van der Waals surface area contributed by atoms with E-state index in [0.29, 0.717) is 17.4 Å². The van der Waals surface area contributed by atoms with Crippen LogP contribution in [0.4, 0.5) is 5.69 Å². The van der Waals surface area contributed by atoms with Crippen molar-refractivity contribution in [2.75, 3.05) is 5.32 Å². The molecule has 0 saturated carbocycles. The Labute approximate surface area is 131 Å². The van der Waals surface area contributed by atoms with E-state index in [-0.39, 0.29) is 10.7 Å². The van der Waals surface area contributed by atoms with E-state index in [1.807, 2.05) is 19.9 Å². The molecule has 1 aromatic carbocycles. The van der Waals surface area contributed by atoms with E-state index in [4.69, 9.17) is 4.74 Å². The second-order valence-corrected chi connectivity index (χ2v) is 6.04. The minimum Gasteiger partial charge on any atom is -0.424 e. The third kappa shape index (κ3) is 4.53. The number of rotatable bonds is 4. The highest BCUT2D eigenvalue weighted by Gasteiger charge is 2.09. The van der Waals surface area contributed by atoms with Gasteiger partial charge in [-0.25, -0.2) is 9.97 Å². The standard InChI is InChI=1S/C15H16BrN3O2/c1-9-8-10(2)18-15(17-9)21-13-6-4-12(5-7-13)19-14(20)11(3)16/h4-8,11H,1-3H3,(H,19,20). The fourth-order valence-corrected chi connectivity index (χ4v) is 1.81. The summed E-state index contributed by atoms with van der Waals surface area (Å²) in [6.45, 7) is 5.55. The molecule has 2 aromatic rings. The van der Waals surface area contributed by atoms with Gasteiger partial charge in [0.1, 0.15) is 5.75 Å². The molecule has 1 aromatic heterocycles. The molecular formula is C15H16BrN3O2. The topological polar surface area (TPSA) is 64.1 Å². The van der Waals surface area contributed by atoms with Gasteiger partial charge in [-0.3, -0.25) is 4.79 Å². The third-order valence-electron chi connectivity index (χ3n) is 2.65. The molecule has 6 heteroatoms. The van der Waals surface area contributed by atoms with Crippen molar-refractivity contribution >= 4 is 27.5 Å². The summed E-state index contributed by atoms with van der Waals surface area (Å²) >= 11 is 3.22. The van der Waals surface area contributed by atoms with Crippen LogP contribution in [0, 0.1) is 13.8 Å². The molecule has 1 unspecified atom stereocenters. The van der Waals surface area contributed by atoms with Crippen molar-refractivity contribution in [1.82, 2.24) is 9.97 Å². The van der Waals surface area contributed by atoms with Crippen LogP contribution in [-0.2, 0) is 4.79 Å². The maximum atomic E-state index is 11.6. The van der Waals surface area contributed by atoms with Crippen LogP contribution < -0.4 is 10.1 Å². The number of hydrogen-bond acceptors (Lipinski definition) is 4. The Hall–Kier alpha value is -1.95. The molecule has 1 N–H and O–H groups in total. The summed E-state index contributed by atoms with van der Waals surface area (Å²) in [6, 6.07) is 9.26. The lowest BCUT2D eigenvalue weighted by atomic mass is 10.3. The maximum Gasteiger partial charge on any atom is 0.322 e. The number of ether oxygens (including phenoxy) is 1. The van der Waals surface area contributed by atoms with Crippen LogP contribution in [0.2, 0.25) is 0 Å². The normalized spacial score (nSPS) is 11.8. The maximum absolute atomic E-state index is 11.6. The lowest BCUT2D eigenvalue weighted by molar-refractivity contribution is -0.115. The molecule has 1 heterocycles. The number of carbonyl (C=O) groups excluding carboxylic acids is 1. The number of amides is 1. The van der Waals surface area contributed by atoms with Gasteiger partial charge < -0.3 is 10.1 Å². The average Bonchev–Trinajstić information content (AvgIpc) is 2.39. The number of aromatic nitrogens is 2. The SMILES string of the molecule is Cc1cc(C)nc(Oc2ccc(NC(=O)C(C)Br)cc2)n1. The van der Waals surface area contributed by atoms with E-state index in [1.54, 1.807) is 31.2 Å². The fraction of sp³-hybridized carbons (Fsp3) is 0.267. The van der Waals surface area contributed by atoms with Gasteiger partial charge in [-0.15, -0.1) is 0 Å². The Kier molecular flexibility index (Phi) is 4.90. The molecular weight excluding hydrogens is 334 g/mol. The molecule has 1 amide bonds. The molecule has 0 fully saturated rings. The van der Waals surface area contributed by atoms with Crippen molar-refractivity contribution in [3.63, 3.8) is 0 Å². The van der Waals surface area contributed by atoms with E-state index in [0.717, 1.165) is 11.4 Å². The summed E-state index contributed by atoms with van der Waals surface area (Å²) in [5.74, 6) is 0.520. The van der Waals surface area contributed by atoms with E-state index in [9.17, 15) is 4.79 Å². The third-order valence-corrected chi connectivity index (χ3v) is 3.07. The number of hydrogen-bond donors (Lipinski definition) is 1. The van der Waals surface area contributed by atoms with Crippen LogP contribution in [0.1, 0.15) is 18.3 Å². The van der Waals surface area contributed by atoms with Gasteiger partial charge in [-0.05, 0) is 51.1 Å². The Bertz CT molecular complexity index is 622. The number of nitrogens with one attached hydrogen (secondary N) is 1. The first kappa shape index (κ1) is 15.4. The number of aryl methyl sites for hydroxylation is 2. The Morgan fingerprint density at radius 2 is 1.76 bits per heavy atom. The second kappa shape index (κ2) is 6.67. The van der Waals surface area contributed by atoms with Crippen LogP contribution in [-0.4, -0.2) is 20.7 Å². The van der Waals surface area contributed by atoms with Gasteiger partial charge in [-0.1, -0.05) is 15.9 Å². The van der Waals surface area contributed by atoms with Crippen LogP contribution in [0.3, 0.4) is 0 Å². The van der Waals surface area contributed by atoms with Crippen molar-refractivity contribution in [2.45, 2.75) is 25.6 Å². The van der Waals surface area contributed by atoms with Gasteiger partial charge in [0.2, 0.25) is 5.91 Å². The summed E-state index contributed by atoms with van der Waals surface area (Å²) < 4.78 is 5.60. The quantitative estimate of drug-likeness (QED) is 0.856. The molecule has 0 aliphatic rings. The van der Waals surface area contributed by atoms with Crippen LogP contribution in [0.5, 0.6) is 11.8 Å². The minimum atomic E-state index is -0.239. The summed E-state index contributed by atoms with van der Waals surface area (Å²) in [4.78, 5) is 19.7. The molecule has 0 bridgehead atoms. The Morgan fingerprint density at radius 3 is 2.29 bits per heavy atom. The highest BCUT2D eigenvalue weighted by Crippen LogP contribution is 2.21. The van der Waals surface area contributed by atoms with E-state index in [1.165, 1.54) is 0 Å². The highest BCUT2D eigenvalue weighted by atomic mass is 79.9. The van der Waals surface area contributed by atoms with Gasteiger partial charge in [-0.2, -0.15) is 0 Å². The first-order valence-corrected chi connectivity index (χ1v) is 7.41. The predicted octanol–water partition coefficient (Wildman–Crippen LogP) is 3.61. The van der Waals surface area contributed by atoms with Gasteiger partial charge >= 0.3 is 6.01 Å². The van der Waals surface area contributed by atoms with Gasteiger partial charge in [0.15, 0.2) is 0 Å². The van der Waals surface area contributed by atoms with E-state index >= 15 is 0 Å². The van der Waals surface area contributed by atoms with Gasteiger partial charge in [0.25, 0.3) is 0 Å². The van der Waals surface area contributed by atoms with Gasteiger partial charge in [0, 0.05) is 17.1 Å². The van der Waals surface area contributed by atoms with Crippen LogP contribution in [0.25, 0.3) is 0 Å². The van der Waals surface area contributed by atoms with Crippen molar-refractivity contribution in [1.29, 1.82) is 0 Å². The Morgan fingerprint density at radius 1 is 1.19 bits per heavy atom. The molecule has 0 aliphatic carbocycles. The predicted molar refractivity (Wildman–Crippen MR) is 85.0 cm³/mol. The largest absolute Gasteiger partial charge is 0.424 e. The first-order valence-electron chi connectivity index (χ1n) is 6.49. The molecule has 1 atom stereocenters. The minimum absolute atomic E-state index is 0.0960. The monoisotopic (exact) mass is 349 g/mol. The molecule has 0 aliphatic heterocycles. The molecule has 21 heavy (non-hydrogen) atoms. The molecule has 0 radical (unpaired) electrons. The number of nitrogens with zero attached hydrogens (tertiary/aromatic N) is 2. The summed E-state index contributed by atoms with van der Waals surface area (Å²) in [5.41, 5.74) is 2.42. The lowest BCUT2D eigenvalue weighted by Gasteiger charge is -2.08. The van der Waals surface area contributed by atoms with E-state index in [2.05, 4.69) is 31.2 Å². The first-order chi connectivity index (χ1) is 9.94. The summed E-state index contributed by atoms with van der Waals surface area (Å²) in [7, 11) is 0. The van der Waals surface area contributed by atoms with Crippen molar-refractivity contribution in [3.05, 3.63) is 41.7 Å². The molecule has 5 nitrogen and oxygen atoms in total. The van der Waals surface area contributed by atoms with Crippen molar-refractivity contribution < 1.29 is 9.53 Å². The zero-order valence-corrected chi connectivity index (χ0v) is 13.6. The molecule has 2 rings (SSSR count). The number of alkyl halides is 1. The molecule has 0 saturated heterocycles. The smallest absolute Gasteiger partial charge is 0.322 e. The lowest BCUT2D eigenvalue weighted by Crippen LogP contribution is -2.19.